The third-order valence-corrected chi connectivity index (χ3v) is 2.96. The maximum atomic E-state index is 12.6. The Morgan fingerprint density at radius 2 is 1.90 bits per heavy atom. The molecule has 0 aromatic heterocycles. The number of aliphatic hydroxyl groups excluding tert-OH is 1. The van der Waals surface area contributed by atoms with Crippen LogP contribution in [0.4, 0.5) is 14.9 Å². The molecular weight excluding hydrogens is 265 g/mol. The summed E-state index contributed by atoms with van der Waals surface area (Å²) in [7, 11) is 0. The Balaban J connectivity index is 1.74. The second kappa shape index (κ2) is 6.33. The lowest BCUT2D eigenvalue weighted by Crippen LogP contribution is -2.44. The van der Waals surface area contributed by atoms with Crippen LogP contribution in [0.1, 0.15) is 12.0 Å². The third kappa shape index (κ3) is 3.92. The van der Waals surface area contributed by atoms with Gasteiger partial charge in [0, 0.05) is 12.3 Å². The average molecular weight is 281 g/mol. The van der Waals surface area contributed by atoms with Crippen LogP contribution in [0.2, 0.25) is 0 Å². The lowest BCUT2D eigenvalue weighted by Gasteiger charge is -2.09. The van der Waals surface area contributed by atoms with Gasteiger partial charge in [-0.05, 0) is 30.5 Å². The highest BCUT2D eigenvalue weighted by atomic mass is 19.1. The molecule has 0 aliphatic heterocycles. The van der Waals surface area contributed by atoms with Crippen molar-refractivity contribution in [3.63, 3.8) is 0 Å². The van der Waals surface area contributed by atoms with Crippen LogP contribution in [0.15, 0.2) is 24.3 Å². The van der Waals surface area contributed by atoms with Crippen LogP contribution in [0.3, 0.4) is 0 Å². The summed E-state index contributed by atoms with van der Waals surface area (Å²) in [5.74, 6) is -1.17. The van der Waals surface area contributed by atoms with Gasteiger partial charge < -0.3 is 10.4 Å². The first-order valence-corrected chi connectivity index (χ1v) is 6.31. The monoisotopic (exact) mass is 281 g/mol. The Hall–Kier alpha value is -2.15. The molecule has 0 heterocycles. The maximum absolute atomic E-state index is 12.6. The molecule has 2 atom stereocenters. The fourth-order valence-electron chi connectivity index (χ4n) is 1.69. The first kappa shape index (κ1) is 14.3. The van der Waals surface area contributed by atoms with Crippen LogP contribution < -0.4 is 16.2 Å². The molecule has 6 nitrogen and oxygen atoms in total. The van der Waals surface area contributed by atoms with E-state index in [2.05, 4.69) is 16.2 Å². The molecule has 2 rings (SSSR count). The number of urea groups is 1. The molecule has 0 unspecified atom stereocenters. The topological polar surface area (TPSA) is 90.5 Å². The van der Waals surface area contributed by atoms with Crippen LogP contribution in [0.25, 0.3) is 0 Å². The standard InChI is InChI=1S/C13H16FN3O3/c14-11-7-10(11)12(19)16-17-13(20)15-9-3-1-8(2-4-9)5-6-18/h1-4,10-11,18H,5-7H2,(H,16,19)(H2,15,17,20)/t10-,11+/m0/s1. The highest BCUT2D eigenvalue weighted by Crippen LogP contribution is 2.33. The Morgan fingerprint density at radius 1 is 1.25 bits per heavy atom. The zero-order valence-electron chi connectivity index (χ0n) is 10.7. The van der Waals surface area contributed by atoms with E-state index in [-0.39, 0.29) is 13.0 Å². The number of aliphatic hydroxyl groups is 1. The Bertz CT molecular complexity index is 492. The van der Waals surface area contributed by atoms with Crippen LogP contribution in [-0.2, 0) is 11.2 Å². The van der Waals surface area contributed by atoms with Crippen LogP contribution in [0, 0.1) is 5.92 Å². The quantitative estimate of drug-likeness (QED) is 0.613. The number of hydrogen-bond acceptors (Lipinski definition) is 3. The van der Waals surface area contributed by atoms with E-state index in [0.29, 0.717) is 12.1 Å². The minimum absolute atomic E-state index is 0.0655. The van der Waals surface area contributed by atoms with E-state index in [1.54, 1.807) is 24.3 Å². The summed E-state index contributed by atoms with van der Waals surface area (Å²) >= 11 is 0. The number of carbonyl (C=O) groups is 2. The number of hydrogen-bond donors (Lipinski definition) is 4. The van der Waals surface area contributed by atoms with Crippen molar-refractivity contribution in [3.8, 4) is 0 Å². The molecule has 0 spiro atoms. The van der Waals surface area contributed by atoms with Gasteiger partial charge in [-0.25, -0.2) is 14.6 Å². The van der Waals surface area contributed by atoms with E-state index >= 15 is 0 Å². The van der Waals surface area contributed by atoms with E-state index in [1.165, 1.54) is 0 Å². The van der Waals surface area contributed by atoms with E-state index in [4.69, 9.17) is 5.11 Å². The van der Waals surface area contributed by atoms with Gasteiger partial charge >= 0.3 is 6.03 Å². The van der Waals surface area contributed by atoms with E-state index in [0.717, 1.165) is 5.56 Å². The molecule has 108 valence electrons. The van der Waals surface area contributed by atoms with Gasteiger partial charge in [-0.15, -0.1) is 0 Å². The molecule has 1 aromatic carbocycles. The lowest BCUT2D eigenvalue weighted by atomic mass is 10.1. The van der Waals surface area contributed by atoms with Gasteiger partial charge in [0.2, 0.25) is 5.91 Å². The fraction of sp³-hybridized carbons (Fsp3) is 0.385. The van der Waals surface area contributed by atoms with Crippen LogP contribution in [-0.4, -0.2) is 29.8 Å². The molecule has 4 N–H and O–H groups in total. The third-order valence-electron chi connectivity index (χ3n) is 2.96. The summed E-state index contributed by atoms with van der Waals surface area (Å²) < 4.78 is 12.6. The number of amides is 3. The number of anilines is 1. The second-order valence-electron chi connectivity index (χ2n) is 4.60. The molecule has 0 saturated heterocycles. The van der Waals surface area contributed by atoms with Crippen LogP contribution in [0.5, 0.6) is 0 Å². The van der Waals surface area contributed by atoms with Crippen molar-refractivity contribution in [2.75, 3.05) is 11.9 Å². The molecule has 1 saturated carbocycles. The normalized spacial score (nSPS) is 20.1. The first-order chi connectivity index (χ1) is 9.60. The minimum atomic E-state index is -1.10. The van der Waals surface area contributed by atoms with Crippen molar-refractivity contribution < 1.29 is 19.1 Å². The predicted molar refractivity (Wildman–Crippen MR) is 70.5 cm³/mol. The Labute approximate surface area is 115 Å². The van der Waals surface area contributed by atoms with E-state index in [9.17, 15) is 14.0 Å². The van der Waals surface area contributed by atoms with Crippen molar-refractivity contribution in [1.29, 1.82) is 0 Å². The van der Waals surface area contributed by atoms with Gasteiger partial charge in [-0.3, -0.25) is 10.2 Å². The molecule has 3 amide bonds. The van der Waals surface area contributed by atoms with Gasteiger partial charge in [0.1, 0.15) is 6.17 Å². The molecular formula is C13H16FN3O3. The summed E-state index contributed by atoms with van der Waals surface area (Å²) in [6.07, 6.45) is -0.339. The summed E-state index contributed by atoms with van der Waals surface area (Å²) in [5, 5.41) is 11.3. The predicted octanol–water partition coefficient (Wildman–Crippen LogP) is 0.732. The highest BCUT2D eigenvalue weighted by Gasteiger charge is 2.43. The van der Waals surface area contributed by atoms with Gasteiger partial charge in [0.05, 0.1) is 5.92 Å². The maximum Gasteiger partial charge on any atom is 0.337 e. The molecule has 1 aliphatic rings. The van der Waals surface area contributed by atoms with Crippen molar-refractivity contribution >= 4 is 17.6 Å². The molecule has 1 fully saturated rings. The number of benzene rings is 1. The van der Waals surface area contributed by atoms with E-state index in [1.807, 2.05) is 0 Å². The molecule has 0 bridgehead atoms. The Morgan fingerprint density at radius 3 is 2.45 bits per heavy atom. The average Bonchev–Trinajstić information content (AvgIpc) is 3.16. The van der Waals surface area contributed by atoms with Crippen molar-refractivity contribution in [1.82, 2.24) is 10.9 Å². The SMILES string of the molecule is O=C(NNC(=O)[C@H]1C[C@H]1F)Nc1ccc(CCO)cc1. The fourth-order valence-corrected chi connectivity index (χ4v) is 1.69. The number of alkyl halides is 1. The Kier molecular flexibility index (Phi) is 4.52. The largest absolute Gasteiger partial charge is 0.396 e. The van der Waals surface area contributed by atoms with Gasteiger partial charge in [-0.1, -0.05) is 12.1 Å². The summed E-state index contributed by atoms with van der Waals surface area (Å²) in [5.41, 5.74) is 5.81. The zero-order valence-corrected chi connectivity index (χ0v) is 10.7. The number of hydrazine groups is 1. The molecule has 0 radical (unpaired) electrons. The number of nitrogens with one attached hydrogen (secondary N) is 3. The molecule has 1 aromatic rings. The first-order valence-electron chi connectivity index (χ1n) is 6.31. The second-order valence-corrected chi connectivity index (χ2v) is 4.60. The van der Waals surface area contributed by atoms with Crippen LogP contribution >= 0.6 is 0 Å². The van der Waals surface area contributed by atoms with Crippen molar-refractivity contribution in [2.24, 2.45) is 5.92 Å². The smallest absolute Gasteiger partial charge is 0.337 e. The van der Waals surface area contributed by atoms with Gasteiger partial charge in [0.25, 0.3) is 0 Å². The molecule has 1 aliphatic carbocycles. The lowest BCUT2D eigenvalue weighted by molar-refractivity contribution is -0.123. The summed E-state index contributed by atoms with van der Waals surface area (Å²) in [4.78, 5) is 22.8. The molecule has 20 heavy (non-hydrogen) atoms. The van der Waals surface area contributed by atoms with Crippen molar-refractivity contribution in [2.45, 2.75) is 19.0 Å². The summed E-state index contributed by atoms with van der Waals surface area (Å²) in [6.45, 7) is 0.0655. The number of carbonyl (C=O) groups excluding carboxylic acids is 2. The van der Waals surface area contributed by atoms with E-state index < -0.39 is 24.0 Å². The summed E-state index contributed by atoms with van der Waals surface area (Å²) in [6, 6.07) is 6.32. The molecule has 7 heteroatoms. The van der Waals surface area contributed by atoms with Gasteiger partial charge in [0.15, 0.2) is 0 Å². The van der Waals surface area contributed by atoms with Crippen molar-refractivity contribution in [3.05, 3.63) is 29.8 Å². The minimum Gasteiger partial charge on any atom is -0.396 e. The zero-order chi connectivity index (χ0) is 14.5. The highest BCUT2D eigenvalue weighted by molar-refractivity contribution is 5.91. The number of halogens is 1. The number of rotatable bonds is 4. The van der Waals surface area contributed by atoms with Gasteiger partial charge in [-0.2, -0.15) is 0 Å².